The van der Waals surface area contributed by atoms with Crippen LogP contribution in [0.3, 0.4) is 0 Å². The van der Waals surface area contributed by atoms with E-state index in [2.05, 4.69) is 6.92 Å². The van der Waals surface area contributed by atoms with Crippen molar-refractivity contribution in [2.75, 3.05) is 0 Å². The quantitative estimate of drug-likeness (QED) is 0.605. The molecule has 0 atom stereocenters. The second kappa shape index (κ2) is 3.24. The number of carbonyl (C=O) groups excluding carboxylic acids is 1. The van der Waals surface area contributed by atoms with Crippen LogP contribution in [0.1, 0.15) is 45.4 Å². The fourth-order valence-electron chi connectivity index (χ4n) is 1.48. The predicted octanol–water partition coefficient (Wildman–Crippen LogP) is 1.83. The van der Waals surface area contributed by atoms with Gasteiger partial charge in [0.25, 0.3) is 0 Å². The Hall–Kier alpha value is -0.530. The molecule has 1 fully saturated rings. The molecule has 0 bridgehead atoms. The van der Waals surface area contributed by atoms with E-state index in [9.17, 15) is 4.79 Å². The molecule has 2 heteroatoms. The Kier molecular flexibility index (Phi) is 2.53. The summed E-state index contributed by atoms with van der Waals surface area (Å²) in [6.45, 7) is 2.17. The van der Waals surface area contributed by atoms with Gasteiger partial charge >= 0.3 is 0 Å². The van der Waals surface area contributed by atoms with Gasteiger partial charge in [-0.25, -0.2) is 0 Å². The van der Waals surface area contributed by atoms with Crippen LogP contribution in [0.25, 0.3) is 0 Å². The lowest BCUT2D eigenvalue weighted by molar-refractivity contribution is -0.123. The minimum absolute atomic E-state index is 0.0603. The van der Waals surface area contributed by atoms with Crippen LogP contribution in [0, 0.1) is 5.41 Å². The molecule has 2 N–H and O–H groups in total. The average Bonchev–Trinajstić information content (AvgIpc) is 2.70. The van der Waals surface area contributed by atoms with Crippen molar-refractivity contribution in [1.29, 1.82) is 0 Å². The fraction of sp³-hybridized carbons (Fsp3) is 0.889. The molecule has 1 aliphatic carbocycles. The van der Waals surface area contributed by atoms with E-state index >= 15 is 0 Å². The summed E-state index contributed by atoms with van der Waals surface area (Å²) in [7, 11) is 0. The number of primary amides is 1. The first kappa shape index (κ1) is 8.57. The smallest absolute Gasteiger partial charge is 0.223 e. The molecular weight excluding hydrogens is 138 g/mol. The van der Waals surface area contributed by atoms with Gasteiger partial charge in [0.15, 0.2) is 0 Å². The Bertz CT molecular complexity index is 150. The van der Waals surface area contributed by atoms with E-state index in [4.69, 9.17) is 5.73 Å². The van der Waals surface area contributed by atoms with E-state index in [0.29, 0.717) is 0 Å². The van der Waals surface area contributed by atoms with E-state index in [1.54, 1.807) is 0 Å². The molecule has 0 unspecified atom stereocenters. The van der Waals surface area contributed by atoms with Gasteiger partial charge in [0, 0.05) is 5.41 Å². The van der Waals surface area contributed by atoms with E-state index in [1.807, 2.05) is 0 Å². The first-order valence-electron chi connectivity index (χ1n) is 4.51. The summed E-state index contributed by atoms with van der Waals surface area (Å²) in [5.74, 6) is -0.0754. The Balaban J connectivity index is 2.20. The number of hydrogen-bond acceptors (Lipinski definition) is 1. The normalized spacial score (nSPS) is 19.7. The maximum atomic E-state index is 10.9. The molecule has 0 aliphatic heterocycles. The molecule has 0 saturated heterocycles. The molecule has 1 amide bonds. The topological polar surface area (TPSA) is 43.1 Å². The van der Waals surface area contributed by atoms with Crippen molar-refractivity contribution in [2.24, 2.45) is 11.1 Å². The largest absolute Gasteiger partial charge is 0.369 e. The third-order valence-electron chi connectivity index (χ3n) is 2.64. The molecule has 0 spiro atoms. The summed E-state index contributed by atoms with van der Waals surface area (Å²) in [5, 5.41) is 0. The second-order valence-electron chi connectivity index (χ2n) is 3.60. The lowest BCUT2D eigenvalue weighted by Crippen LogP contribution is -2.24. The zero-order valence-electron chi connectivity index (χ0n) is 7.23. The molecule has 11 heavy (non-hydrogen) atoms. The van der Waals surface area contributed by atoms with Gasteiger partial charge in [-0.1, -0.05) is 26.2 Å². The maximum absolute atomic E-state index is 10.9. The lowest BCUT2D eigenvalue weighted by atomic mass is 9.98. The predicted molar refractivity (Wildman–Crippen MR) is 45.0 cm³/mol. The van der Waals surface area contributed by atoms with Gasteiger partial charge in [0.05, 0.1) is 0 Å². The summed E-state index contributed by atoms with van der Waals surface area (Å²) in [5.41, 5.74) is 5.22. The summed E-state index contributed by atoms with van der Waals surface area (Å²) in [6, 6.07) is 0. The molecule has 0 radical (unpaired) electrons. The Morgan fingerprint density at radius 2 is 2.09 bits per heavy atom. The number of rotatable bonds is 5. The lowest BCUT2D eigenvalue weighted by Gasteiger charge is -2.08. The van der Waals surface area contributed by atoms with Gasteiger partial charge in [-0.05, 0) is 19.3 Å². The molecule has 0 aromatic carbocycles. The van der Waals surface area contributed by atoms with Crippen LogP contribution >= 0.6 is 0 Å². The molecule has 0 heterocycles. The van der Waals surface area contributed by atoms with Crippen LogP contribution < -0.4 is 5.73 Å². The third kappa shape index (κ3) is 1.95. The highest BCUT2D eigenvalue weighted by atomic mass is 16.1. The van der Waals surface area contributed by atoms with Crippen molar-refractivity contribution >= 4 is 5.91 Å². The van der Waals surface area contributed by atoms with Gasteiger partial charge in [0.2, 0.25) is 5.91 Å². The van der Waals surface area contributed by atoms with Crippen molar-refractivity contribution in [2.45, 2.75) is 45.4 Å². The Morgan fingerprint density at radius 3 is 2.45 bits per heavy atom. The first-order valence-corrected chi connectivity index (χ1v) is 4.51. The standard InChI is InChI=1S/C9H17NO/c1-2-3-4-5-9(6-7-9)8(10)11/h2-7H2,1H3,(H2,10,11). The van der Waals surface area contributed by atoms with Crippen LogP contribution in [0.4, 0.5) is 0 Å². The summed E-state index contributed by atoms with van der Waals surface area (Å²) in [6.07, 6.45) is 6.71. The molecule has 1 saturated carbocycles. The van der Waals surface area contributed by atoms with Crippen LogP contribution in [-0.4, -0.2) is 5.91 Å². The van der Waals surface area contributed by atoms with Gasteiger partial charge in [-0.2, -0.15) is 0 Å². The Morgan fingerprint density at radius 1 is 1.45 bits per heavy atom. The van der Waals surface area contributed by atoms with E-state index in [0.717, 1.165) is 19.3 Å². The molecule has 0 aromatic rings. The summed E-state index contributed by atoms with van der Waals surface area (Å²) >= 11 is 0. The van der Waals surface area contributed by atoms with Gasteiger partial charge in [-0.3, -0.25) is 4.79 Å². The number of amides is 1. The summed E-state index contributed by atoms with van der Waals surface area (Å²) in [4.78, 5) is 10.9. The van der Waals surface area contributed by atoms with Crippen LogP contribution in [-0.2, 0) is 4.79 Å². The van der Waals surface area contributed by atoms with Crippen molar-refractivity contribution < 1.29 is 4.79 Å². The van der Waals surface area contributed by atoms with Crippen molar-refractivity contribution in [3.8, 4) is 0 Å². The van der Waals surface area contributed by atoms with Crippen LogP contribution in [0.5, 0.6) is 0 Å². The SMILES string of the molecule is CCCCCC1(C(N)=O)CC1. The molecule has 1 rings (SSSR count). The molecule has 64 valence electrons. The zero-order chi connectivity index (χ0) is 8.32. The first-order chi connectivity index (χ1) is 5.21. The van der Waals surface area contributed by atoms with Gasteiger partial charge in [0.1, 0.15) is 0 Å². The molecular formula is C9H17NO. The minimum atomic E-state index is -0.0754. The third-order valence-corrected chi connectivity index (χ3v) is 2.64. The highest BCUT2D eigenvalue weighted by molar-refractivity contribution is 5.83. The molecule has 1 aliphatic rings. The van der Waals surface area contributed by atoms with E-state index in [-0.39, 0.29) is 11.3 Å². The van der Waals surface area contributed by atoms with E-state index < -0.39 is 0 Å². The Labute approximate surface area is 68.2 Å². The summed E-state index contributed by atoms with van der Waals surface area (Å²) < 4.78 is 0. The minimum Gasteiger partial charge on any atom is -0.369 e. The monoisotopic (exact) mass is 155 g/mol. The highest BCUT2D eigenvalue weighted by Gasteiger charge is 2.47. The van der Waals surface area contributed by atoms with Crippen LogP contribution in [0.2, 0.25) is 0 Å². The van der Waals surface area contributed by atoms with Gasteiger partial charge < -0.3 is 5.73 Å². The van der Waals surface area contributed by atoms with Crippen LogP contribution in [0.15, 0.2) is 0 Å². The highest BCUT2D eigenvalue weighted by Crippen LogP contribution is 2.49. The molecule has 2 nitrogen and oxygen atoms in total. The number of unbranched alkanes of at least 4 members (excludes halogenated alkanes) is 2. The zero-order valence-corrected chi connectivity index (χ0v) is 7.23. The van der Waals surface area contributed by atoms with Gasteiger partial charge in [-0.15, -0.1) is 0 Å². The van der Waals surface area contributed by atoms with Crippen molar-refractivity contribution in [3.63, 3.8) is 0 Å². The second-order valence-corrected chi connectivity index (χ2v) is 3.60. The van der Waals surface area contributed by atoms with Crippen molar-refractivity contribution in [1.82, 2.24) is 0 Å². The fourth-order valence-corrected chi connectivity index (χ4v) is 1.48. The molecule has 0 aromatic heterocycles. The number of nitrogens with two attached hydrogens (primary N) is 1. The number of hydrogen-bond donors (Lipinski definition) is 1. The average molecular weight is 155 g/mol. The number of carbonyl (C=O) groups is 1. The maximum Gasteiger partial charge on any atom is 0.223 e. The van der Waals surface area contributed by atoms with Crippen molar-refractivity contribution in [3.05, 3.63) is 0 Å². The van der Waals surface area contributed by atoms with E-state index in [1.165, 1.54) is 19.3 Å².